The highest BCUT2D eigenvalue weighted by atomic mass is 35.5. The third-order valence-corrected chi connectivity index (χ3v) is 2.30. The molecule has 0 aliphatic heterocycles. The molecule has 16 heavy (non-hydrogen) atoms. The molecule has 0 unspecified atom stereocenters. The largest absolute Gasteiger partial charge is 0.330 e. The van der Waals surface area contributed by atoms with Crippen LogP contribution in [0.25, 0.3) is 0 Å². The van der Waals surface area contributed by atoms with Gasteiger partial charge in [0.05, 0.1) is 5.69 Å². The van der Waals surface area contributed by atoms with Crippen LogP contribution in [0.15, 0.2) is 18.2 Å². The molecule has 0 bridgehead atoms. The summed E-state index contributed by atoms with van der Waals surface area (Å²) < 4.78 is 13.3. The molecule has 1 rings (SSSR count). The fourth-order valence-corrected chi connectivity index (χ4v) is 1.39. The van der Waals surface area contributed by atoms with Gasteiger partial charge in [-0.15, -0.1) is 0 Å². The summed E-state index contributed by atoms with van der Waals surface area (Å²) >= 11 is 5.59. The number of amides is 1. The third-order valence-electron chi connectivity index (χ3n) is 2.06. The Morgan fingerprint density at radius 3 is 2.81 bits per heavy atom. The Morgan fingerprint density at radius 2 is 2.19 bits per heavy atom. The first-order valence-electron chi connectivity index (χ1n) is 5.08. The number of nitrogens with two attached hydrogens (primary N) is 1. The van der Waals surface area contributed by atoms with Crippen LogP contribution in [0, 0.1) is 5.82 Å². The summed E-state index contributed by atoms with van der Waals surface area (Å²) in [6, 6.07) is 4.13. The highest BCUT2D eigenvalue weighted by Gasteiger charge is 2.06. The smallest absolute Gasteiger partial charge is 0.224 e. The molecule has 3 nitrogen and oxygen atoms in total. The molecule has 0 aliphatic carbocycles. The molecule has 0 saturated heterocycles. The van der Waals surface area contributed by atoms with Gasteiger partial charge < -0.3 is 11.1 Å². The molecule has 1 aromatic rings. The van der Waals surface area contributed by atoms with Crippen molar-refractivity contribution in [2.24, 2.45) is 5.73 Å². The number of halogens is 2. The van der Waals surface area contributed by atoms with Crippen molar-refractivity contribution in [1.29, 1.82) is 0 Å². The van der Waals surface area contributed by atoms with Crippen LogP contribution in [0.1, 0.15) is 19.3 Å². The lowest BCUT2D eigenvalue weighted by atomic mass is 10.2. The number of benzene rings is 1. The van der Waals surface area contributed by atoms with E-state index in [1.54, 1.807) is 0 Å². The molecular formula is C11H14ClFN2O. The van der Waals surface area contributed by atoms with E-state index >= 15 is 0 Å². The van der Waals surface area contributed by atoms with Gasteiger partial charge in [0.2, 0.25) is 5.91 Å². The van der Waals surface area contributed by atoms with E-state index in [0.717, 1.165) is 12.5 Å². The summed E-state index contributed by atoms with van der Waals surface area (Å²) in [6.45, 7) is 0.558. The molecule has 0 spiro atoms. The second-order valence-corrected chi connectivity index (χ2v) is 3.85. The normalized spacial score (nSPS) is 10.2. The number of unbranched alkanes of at least 4 members (excludes halogenated alkanes) is 1. The van der Waals surface area contributed by atoms with Crippen LogP contribution in [0.3, 0.4) is 0 Å². The Morgan fingerprint density at radius 1 is 1.44 bits per heavy atom. The number of carbonyl (C=O) groups is 1. The monoisotopic (exact) mass is 244 g/mol. The Hall–Kier alpha value is -1.13. The van der Waals surface area contributed by atoms with Crippen molar-refractivity contribution in [3.63, 3.8) is 0 Å². The first-order chi connectivity index (χ1) is 7.63. The van der Waals surface area contributed by atoms with E-state index in [4.69, 9.17) is 17.3 Å². The SMILES string of the molecule is NCCCCC(=O)Nc1ccc(Cl)cc1F. The van der Waals surface area contributed by atoms with Gasteiger partial charge in [0, 0.05) is 11.4 Å². The Labute approximate surface area is 98.8 Å². The second-order valence-electron chi connectivity index (χ2n) is 3.42. The third kappa shape index (κ3) is 4.16. The van der Waals surface area contributed by atoms with E-state index in [1.165, 1.54) is 12.1 Å². The van der Waals surface area contributed by atoms with E-state index in [0.29, 0.717) is 24.4 Å². The molecule has 0 atom stereocenters. The van der Waals surface area contributed by atoms with Crippen LogP contribution in [0.2, 0.25) is 5.02 Å². The summed E-state index contributed by atoms with van der Waals surface area (Å²) in [5, 5.41) is 2.79. The van der Waals surface area contributed by atoms with Gasteiger partial charge in [0.1, 0.15) is 5.82 Å². The fraction of sp³-hybridized carbons (Fsp3) is 0.364. The van der Waals surface area contributed by atoms with E-state index in [1.807, 2.05) is 0 Å². The van der Waals surface area contributed by atoms with E-state index < -0.39 is 5.82 Å². The number of anilines is 1. The van der Waals surface area contributed by atoms with Crippen molar-refractivity contribution in [2.75, 3.05) is 11.9 Å². The van der Waals surface area contributed by atoms with Gasteiger partial charge in [-0.3, -0.25) is 4.79 Å². The molecule has 1 amide bonds. The van der Waals surface area contributed by atoms with E-state index in [9.17, 15) is 9.18 Å². The minimum atomic E-state index is -0.528. The van der Waals surface area contributed by atoms with Crippen LogP contribution in [0.5, 0.6) is 0 Å². The zero-order chi connectivity index (χ0) is 12.0. The first kappa shape index (κ1) is 12.9. The quantitative estimate of drug-likeness (QED) is 0.782. The predicted octanol–water partition coefficient (Wildman–Crippen LogP) is 2.55. The maximum Gasteiger partial charge on any atom is 0.224 e. The van der Waals surface area contributed by atoms with E-state index in [-0.39, 0.29) is 11.6 Å². The number of hydrogen-bond donors (Lipinski definition) is 2. The maximum atomic E-state index is 13.3. The van der Waals surface area contributed by atoms with Gasteiger partial charge in [-0.25, -0.2) is 4.39 Å². The van der Waals surface area contributed by atoms with Gasteiger partial charge in [0.15, 0.2) is 0 Å². The van der Waals surface area contributed by atoms with Crippen molar-refractivity contribution >= 4 is 23.2 Å². The molecule has 3 N–H and O–H groups in total. The molecule has 5 heteroatoms. The van der Waals surface area contributed by atoms with Gasteiger partial charge in [-0.1, -0.05) is 11.6 Å². The predicted molar refractivity (Wildman–Crippen MR) is 62.9 cm³/mol. The number of carbonyl (C=O) groups excluding carboxylic acids is 1. The zero-order valence-corrected chi connectivity index (χ0v) is 9.56. The highest BCUT2D eigenvalue weighted by molar-refractivity contribution is 6.30. The number of hydrogen-bond acceptors (Lipinski definition) is 2. The lowest BCUT2D eigenvalue weighted by Crippen LogP contribution is -2.13. The topological polar surface area (TPSA) is 55.1 Å². The van der Waals surface area contributed by atoms with Crippen molar-refractivity contribution < 1.29 is 9.18 Å². The Bertz CT molecular complexity index is 371. The molecule has 0 aromatic heterocycles. The molecule has 0 fully saturated rings. The fourth-order valence-electron chi connectivity index (χ4n) is 1.23. The van der Waals surface area contributed by atoms with Gasteiger partial charge in [0.25, 0.3) is 0 Å². The van der Waals surface area contributed by atoms with Crippen LogP contribution >= 0.6 is 11.6 Å². The van der Waals surface area contributed by atoms with Gasteiger partial charge in [-0.2, -0.15) is 0 Å². The molecule has 88 valence electrons. The number of nitrogens with one attached hydrogen (secondary N) is 1. The standard InChI is InChI=1S/C11H14ClFN2O/c12-8-4-5-10(9(13)7-8)15-11(16)3-1-2-6-14/h4-5,7H,1-3,6,14H2,(H,15,16). The summed E-state index contributed by atoms with van der Waals surface area (Å²) in [5.74, 6) is -0.741. The summed E-state index contributed by atoms with van der Waals surface area (Å²) in [7, 11) is 0. The maximum absolute atomic E-state index is 13.3. The van der Waals surface area contributed by atoms with Crippen LogP contribution in [-0.2, 0) is 4.79 Å². The average molecular weight is 245 g/mol. The van der Waals surface area contributed by atoms with Crippen LogP contribution < -0.4 is 11.1 Å². The Kier molecular flexibility index (Phi) is 5.22. The minimum Gasteiger partial charge on any atom is -0.330 e. The summed E-state index contributed by atoms with van der Waals surface area (Å²) in [5.41, 5.74) is 5.46. The second kappa shape index (κ2) is 6.45. The zero-order valence-electron chi connectivity index (χ0n) is 8.80. The summed E-state index contributed by atoms with van der Waals surface area (Å²) in [4.78, 5) is 11.4. The van der Waals surface area contributed by atoms with Gasteiger partial charge in [-0.05, 0) is 37.6 Å². The summed E-state index contributed by atoms with van der Waals surface area (Å²) in [6.07, 6.45) is 1.84. The molecule has 1 aromatic carbocycles. The van der Waals surface area contributed by atoms with Crippen molar-refractivity contribution in [2.45, 2.75) is 19.3 Å². The molecular weight excluding hydrogens is 231 g/mol. The molecule has 0 heterocycles. The highest BCUT2D eigenvalue weighted by Crippen LogP contribution is 2.19. The number of rotatable bonds is 5. The van der Waals surface area contributed by atoms with Crippen molar-refractivity contribution in [3.05, 3.63) is 29.0 Å². The lowest BCUT2D eigenvalue weighted by Gasteiger charge is -2.06. The van der Waals surface area contributed by atoms with Gasteiger partial charge >= 0.3 is 0 Å². The van der Waals surface area contributed by atoms with Crippen molar-refractivity contribution in [3.8, 4) is 0 Å². The molecule has 0 saturated carbocycles. The van der Waals surface area contributed by atoms with Crippen LogP contribution in [0.4, 0.5) is 10.1 Å². The molecule has 0 aliphatic rings. The van der Waals surface area contributed by atoms with Crippen molar-refractivity contribution in [1.82, 2.24) is 0 Å². The molecule has 0 radical (unpaired) electrons. The first-order valence-corrected chi connectivity index (χ1v) is 5.46. The van der Waals surface area contributed by atoms with E-state index in [2.05, 4.69) is 5.32 Å². The van der Waals surface area contributed by atoms with Crippen LogP contribution in [-0.4, -0.2) is 12.5 Å². The lowest BCUT2D eigenvalue weighted by molar-refractivity contribution is -0.116. The average Bonchev–Trinajstić information content (AvgIpc) is 2.23. The minimum absolute atomic E-state index is 0.155. The Balaban J connectivity index is 2.49.